The normalized spacial score (nSPS) is 9.89. The van der Waals surface area contributed by atoms with E-state index in [0.29, 0.717) is 6.54 Å². The van der Waals surface area contributed by atoms with Crippen LogP contribution < -0.4 is 22.5 Å². The van der Waals surface area contributed by atoms with Crippen LogP contribution in [-0.4, -0.2) is 7.11 Å². The molecule has 0 fully saturated rings. The third-order valence-electron chi connectivity index (χ3n) is 2.44. The maximum atomic E-state index is 5.30. The summed E-state index contributed by atoms with van der Waals surface area (Å²) in [6, 6.07) is 9.80. The minimum atomic E-state index is 0. The van der Waals surface area contributed by atoms with E-state index in [1.54, 1.807) is 13.4 Å². The van der Waals surface area contributed by atoms with E-state index >= 15 is 0 Å². The average molecular weight is 332 g/mol. The molecule has 0 unspecified atom stereocenters. The molecule has 1 N–H and O–H groups in total. The largest absolute Gasteiger partial charge is 1.00 e. The van der Waals surface area contributed by atoms with Crippen LogP contribution in [0.15, 0.2) is 45.5 Å². The zero-order valence-electron chi connectivity index (χ0n) is 9.95. The average Bonchev–Trinajstić information content (AvgIpc) is 2.82. The van der Waals surface area contributed by atoms with Crippen LogP contribution in [0, 0.1) is 0 Å². The van der Waals surface area contributed by atoms with Gasteiger partial charge < -0.3 is 26.9 Å². The van der Waals surface area contributed by atoms with Crippen LogP contribution in [0.3, 0.4) is 0 Å². The van der Waals surface area contributed by atoms with Crippen LogP contribution >= 0.6 is 15.9 Å². The lowest BCUT2D eigenvalue weighted by molar-refractivity contribution is -0.00000416. The SMILES string of the molecule is COc1ccc(Br)cc1CNCc1ccco1.[Cl-]. The molecule has 5 heteroatoms. The van der Waals surface area contributed by atoms with Crippen LogP contribution in [0.5, 0.6) is 5.75 Å². The van der Waals surface area contributed by atoms with E-state index in [1.807, 2.05) is 30.3 Å². The molecule has 2 aromatic rings. The van der Waals surface area contributed by atoms with Crippen molar-refractivity contribution in [1.82, 2.24) is 5.32 Å². The van der Waals surface area contributed by atoms with Gasteiger partial charge in [0, 0.05) is 16.6 Å². The summed E-state index contributed by atoms with van der Waals surface area (Å²) in [6.07, 6.45) is 1.68. The highest BCUT2D eigenvalue weighted by molar-refractivity contribution is 9.10. The second kappa shape index (κ2) is 7.46. The van der Waals surface area contributed by atoms with Gasteiger partial charge in [0.1, 0.15) is 11.5 Å². The van der Waals surface area contributed by atoms with Crippen molar-refractivity contribution in [2.45, 2.75) is 13.1 Å². The first-order chi connectivity index (χ1) is 8.29. The Morgan fingerprint density at radius 2 is 2.11 bits per heavy atom. The minimum absolute atomic E-state index is 0. The van der Waals surface area contributed by atoms with Gasteiger partial charge in [-0.3, -0.25) is 0 Å². The second-order valence-electron chi connectivity index (χ2n) is 3.64. The molecular weight excluding hydrogens is 318 g/mol. The molecule has 0 spiro atoms. The number of methoxy groups -OCH3 is 1. The number of nitrogens with one attached hydrogen (secondary N) is 1. The Morgan fingerprint density at radius 1 is 1.28 bits per heavy atom. The molecule has 0 amide bonds. The van der Waals surface area contributed by atoms with Crippen molar-refractivity contribution >= 4 is 15.9 Å². The van der Waals surface area contributed by atoms with E-state index in [4.69, 9.17) is 9.15 Å². The van der Waals surface area contributed by atoms with Gasteiger partial charge >= 0.3 is 0 Å². The lowest BCUT2D eigenvalue weighted by Gasteiger charge is -2.09. The highest BCUT2D eigenvalue weighted by Crippen LogP contribution is 2.22. The first kappa shape index (κ1) is 15.1. The molecule has 1 heterocycles. The van der Waals surface area contributed by atoms with Crippen molar-refractivity contribution in [2.24, 2.45) is 0 Å². The van der Waals surface area contributed by atoms with E-state index in [-0.39, 0.29) is 12.4 Å². The lowest BCUT2D eigenvalue weighted by Crippen LogP contribution is -3.00. The number of benzene rings is 1. The predicted octanol–water partition coefficient (Wildman–Crippen LogP) is 0.344. The van der Waals surface area contributed by atoms with Gasteiger partial charge in [-0.15, -0.1) is 0 Å². The van der Waals surface area contributed by atoms with Crippen LogP contribution in [0.2, 0.25) is 0 Å². The maximum absolute atomic E-state index is 5.30. The Kier molecular flexibility index (Phi) is 6.25. The van der Waals surface area contributed by atoms with Crippen molar-refractivity contribution in [3.05, 3.63) is 52.4 Å². The molecule has 0 atom stereocenters. The smallest absolute Gasteiger partial charge is 0.123 e. The third kappa shape index (κ3) is 4.05. The van der Waals surface area contributed by atoms with Crippen LogP contribution in [-0.2, 0) is 13.1 Å². The van der Waals surface area contributed by atoms with E-state index < -0.39 is 0 Å². The summed E-state index contributed by atoms with van der Waals surface area (Å²) < 4.78 is 11.6. The lowest BCUT2D eigenvalue weighted by atomic mass is 10.2. The van der Waals surface area contributed by atoms with Gasteiger partial charge in [-0.1, -0.05) is 15.9 Å². The van der Waals surface area contributed by atoms with Gasteiger partial charge in [0.2, 0.25) is 0 Å². The van der Waals surface area contributed by atoms with Crippen LogP contribution in [0.4, 0.5) is 0 Å². The molecule has 0 saturated heterocycles. The van der Waals surface area contributed by atoms with Gasteiger partial charge in [0.25, 0.3) is 0 Å². The minimum Gasteiger partial charge on any atom is -1.00 e. The van der Waals surface area contributed by atoms with Crippen molar-refractivity contribution in [2.75, 3.05) is 7.11 Å². The van der Waals surface area contributed by atoms with Gasteiger partial charge in [-0.05, 0) is 30.3 Å². The molecule has 1 aromatic heterocycles. The van der Waals surface area contributed by atoms with E-state index in [9.17, 15) is 0 Å². The standard InChI is InChI=1S/C13H14BrNO2.ClH/c1-16-13-5-4-11(14)7-10(13)8-15-9-12-3-2-6-17-12;/h2-7,15H,8-9H2,1H3;1H/p-1. The Bertz CT molecular complexity index is 474. The molecular formula is C13H14BrClNO2-. The number of furan rings is 1. The number of halogens is 2. The third-order valence-corrected chi connectivity index (χ3v) is 2.93. The molecule has 0 aliphatic rings. The van der Waals surface area contributed by atoms with Crippen molar-refractivity contribution in [3.8, 4) is 5.75 Å². The van der Waals surface area contributed by atoms with Crippen LogP contribution in [0.25, 0.3) is 0 Å². The number of rotatable bonds is 5. The zero-order chi connectivity index (χ0) is 12.1. The quantitative estimate of drug-likeness (QED) is 0.858. The summed E-state index contributed by atoms with van der Waals surface area (Å²) in [6.45, 7) is 1.45. The summed E-state index contributed by atoms with van der Waals surface area (Å²) in [5.74, 6) is 1.82. The topological polar surface area (TPSA) is 34.4 Å². The van der Waals surface area contributed by atoms with E-state index in [0.717, 1.165) is 28.1 Å². The summed E-state index contributed by atoms with van der Waals surface area (Å²) in [7, 11) is 1.68. The molecule has 98 valence electrons. The van der Waals surface area contributed by atoms with Gasteiger partial charge in [0.05, 0.1) is 19.9 Å². The van der Waals surface area contributed by atoms with Crippen molar-refractivity contribution in [3.63, 3.8) is 0 Å². The summed E-state index contributed by atoms with van der Waals surface area (Å²) in [5, 5.41) is 3.31. The van der Waals surface area contributed by atoms with Gasteiger partial charge in [-0.2, -0.15) is 0 Å². The Hall–Kier alpha value is -0.970. The fourth-order valence-corrected chi connectivity index (χ4v) is 2.03. The Labute approximate surface area is 121 Å². The Morgan fingerprint density at radius 3 is 2.78 bits per heavy atom. The van der Waals surface area contributed by atoms with E-state index in [2.05, 4.69) is 21.2 Å². The number of hydrogen-bond acceptors (Lipinski definition) is 3. The van der Waals surface area contributed by atoms with Gasteiger partial charge in [-0.25, -0.2) is 0 Å². The molecule has 2 rings (SSSR count). The zero-order valence-corrected chi connectivity index (χ0v) is 12.3. The summed E-state index contributed by atoms with van der Waals surface area (Å²) in [5.41, 5.74) is 1.12. The monoisotopic (exact) mass is 330 g/mol. The molecule has 1 aromatic carbocycles. The molecule has 3 nitrogen and oxygen atoms in total. The maximum Gasteiger partial charge on any atom is 0.123 e. The predicted molar refractivity (Wildman–Crippen MR) is 69.9 cm³/mol. The molecule has 0 aliphatic heterocycles. The first-order valence-corrected chi connectivity index (χ1v) is 6.14. The second-order valence-corrected chi connectivity index (χ2v) is 4.55. The number of hydrogen-bond donors (Lipinski definition) is 1. The molecule has 0 radical (unpaired) electrons. The Balaban J connectivity index is 0.00000162. The first-order valence-electron chi connectivity index (χ1n) is 5.35. The fraction of sp³-hybridized carbons (Fsp3) is 0.231. The molecule has 0 aliphatic carbocycles. The molecule has 0 saturated carbocycles. The van der Waals surface area contributed by atoms with Crippen molar-refractivity contribution in [1.29, 1.82) is 0 Å². The fourth-order valence-electron chi connectivity index (χ4n) is 1.62. The van der Waals surface area contributed by atoms with Gasteiger partial charge in [0.15, 0.2) is 0 Å². The number of ether oxygens (including phenoxy) is 1. The highest BCUT2D eigenvalue weighted by Gasteiger charge is 2.03. The summed E-state index contributed by atoms with van der Waals surface area (Å²) in [4.78, 5) is 0. The highest BCUT2D eigenvalue weighted by atomic mass is 79.9. The van der Waals surface area contributed by atoms with Crippen molar-refractivity contribution < 1.29 is 21.6 Å². The molecule has 18 heavy (non-hydrogen) atoms. The molecule has 0 bridgehead atoms. The summed E-state index contributed by atoms with van der Waals surface area (Å²) >= 11 is 3.45. The van der Waals surface area contributed by atoms with E-state index in [1.165, 1.54) is 0 Å². The van der Waals surface area contributed by atoms with Crippen LogP contribution in [0.1, 0.15) is 11.3 Å².